The van der Waals surface area contributed by atoms with E-state index < -0.39 is 0 Å². The quantitative estimate of drug-likeness (QED) is 0.859. The Hall–Kier alpha value is -2.14. The van der Waals surface area contributed by atoms with Crippen LogP contribution in [0.5, 0.6) is 5.75 Å². The summed E-state index contributed by atoms with van der Waals surface area (Å²) < 4.78 is 0. The molecule has 0 aliphatic rings. The van der Waals surface area contributed by atoms with Crippen molar-refractivity contribution in [1.82, 2.24) is 9.97 Å². The minimum atomic E-state index is 0.236. The van der Waals surface area contributed by atoms with Crippen LogP contribution in [0.4, 0.5) is 11.6 Å². The minimum absolute atomic E-state index is 0.236. The molecule has 0 fully saturated rings. The number of nitrogens with zero attached hydrogens (tertiary/aromatic N) is 3. The molecule has 0 amide bonds. The summed E-state index contributed by atoms with van der Waals surface area (Å²) in [5.74, 6) is 0.834. The van der Waals surface area contributed by atoms with Gasteiger partial charge in [0.25, 0.3) is 0 Å². The number of aryl methyl sites for hydroxylation is 1. The van der Waals surface area contributed by atoms with E-state index in [-0.39, 0.29) is 5.75 Å². The Bertz CT molecular complexity index is 539. The Morgan fingerprint density at radius 2 is 1.89 bits per heavy atom. The van der Waals surface area contributed by atoms with Crippen molar-refractivity contribution in [2.24, 2.45) is 5.73 Å². The average Bonchev–Trinajstić information content (AvgIpc) is 2.38. The average molecular weight is 244 g/mol. The van der Waals surface area contributed by atoms with Gasteiger partial charge in [0.2, 0.25) is 5.95 Å². The lowest BCUT2D eigenvalue weighted by Crippen LogP contribution is -2.15. The number of nitrogens with two attached hydrogens (primary N) is 1. The van der Waals surface area contributed by atoms with E-state index in [0.717, 1.165) is 17.1 Å². The van der Waals surface area contributed by atoms with Crippen molar-refractivity contribution in [2.45, 2.75) is 13.5 Å². The summed E-state index contributed by atoms with van der Waals surface area (Å²) in [6, 6.07) is 8.75. The van der Waals surface area contributed by atoms with Gasteiger partial charge in [0.1, 0.15) is 5.75 Å². The third-order valence-corrected chi connectivity index (χ3v) is 2.64. The molecule has 0 atom stereocenters. The van der Waals surface area contributed by atoms with Crippen molar-refractivity contribution in [2.75, 3.05) is 11.9 Å². The summed E-state index contributed by atoms with van der Waals surface area (Å²) in [6.07, 6.45) is 0. The van der Waals surface area contributed by atoms with Crippen molar-refractivity contribution < 1.29 is 5.11 Å². The first-order valence-corrected chi connectivity index (χ1v) is 5.67. The lowest BCUT2D eigenvalue weighted by Gasteiger charge is -2.18. The number of aromatic hydroxyl groups is 1. The van der Waals surface area contributed by atoms with E-state index in [9.17, 15) is 5.11 Å². The van der Waals surface area contributed by atoms with Crippen molar-refractivity contribution >= 4 is 11.6 Å². The zero-order chi connectivity index (χ0) is 13.1. The monoisotopic (exact) mass is 244 g/mol. The van der Waals surface area contributed by atoms with Gasteiger partial charge < -0.3 is 15.7 Å². The van der Waals surface area contributed by atoms with Crippen LogP contribution in [-0.2, 0) is 6.54 Å². The summed E-state index contributed by atoms with van der Waals surface area (Å²) in [5.41, 5.74) is 8.20. The molecule has 2 rings (SSSR count). The maximum absolute atomic E-state index is 9.27. The second-order valence-electron chi connectivity index (χ2n) is 4.08. The van der Waals surface area contributed by atoms with E-state index in [1.807, 2.05) is 37.1 Å². The molecule has 1 heterocycles. The van der Waals surface area contributed by atoms with Crippen LogP contribution in [0.15, 0.2) is 30.3 Å². The summed E-state index contributed by atoms with van der Waals surface area (Å²) >= 11 is 0. The van der Waals surface area contributed by atoms with Crippen LogP contribution >= 0.6 is 0 Å². The highest BCUT2D eigenvalue weighted by Gasteiger charge is 2.08. The zero-order valence-electron chi connectivity index (χ0n) is 10.5. The summed E-state index contributed by atoms with van der Waals surface area (Å²) in [6.45, 7) is 2.30. The summed E-state index contributed by atoms with van der Waals surface area (Å²) in [5, 5.41) is 9.27. The predicted octanol–water partition coefficient (Wildman–Crippen LogP) is 1.72. The van der Waals surface area contributed by atoms with Gasteiger partial charge in [0.15, 0.2) is 0 Å². The largest absolute Gasteiger partial charge is 0.508 e. The minimum Gasteiger partial charge on any atom is -0.508 e. The highest BCUT2D eigenvalue weighted by atomic mass is 16.3. The van der Waals surface area contributed by atoms with Crippen LogP contribution in [0.1, 0.15) is 11.4 Å². The van der Waals surface area contributed by atoms with E-state index in [2.05, 4.69) is 9.97 Å². The van der Waals surface area contributed by atoms with Crippen LogP contribution in [0, 0.1) is 6.92 Å². The topological polar surface area (TPSA) is 75.3 Å². The molecule has 0 saturated heterocycles. The maximum Gasteiger partial charge on any atom is 0.230 e. The maximum atomic E-state index is 9.27. The molecule has 5 heteroatoms. The molecule has 2 aromatic rings. The van der Waals surface area contributed by atoms with Crippen LogP contribution in [0.25, 0.3) is 0 Å². The van der Waals surface area contributed by atoms with Crippen molar-refractivity contribution in [1.29, 1.82) is 0 Å². The Kier molecular flexibility index (Phi) is 3.43. The Labute approximate surface area is 106 Å². The second-order valence-corrected chi connectivity index (χ2v) is 4.08. The van der Waals surface area contributed by atoms with Gasteiger partial charge in [-0.1, -0.05) is 0 Å². The molecule has 5 nitrogen and oxygen atoms in total. The highest BCUT2D eigenvalue weighted by molar-refractivity contribution is 5.57. The molecule has 3 N–H and O–H groups in total. The molecule has 0 bridgehead atoms. The van der Waals surface area contributed by atoms with Gasteiger partial charge in [-0.2, -0.15) is 0 Å². The van der Waals surface area contributed by atoms with Gasteiger partial charge >= 0.3 is 0 Å². The number of benzene rings is 1. The number of rotatable bonds is 3. The van der Waals surface area contributed by atoms with E-state index >= 15 is 0 Å². The van der Waals surface area contributed by atoms with Crippen LogP contribution in [0.2, 0.25) is 0 Å². The van der Waals surface area contributed by atoms with Crippen molar-refractivity contribution in [3.63, 3.8) is 0 Å². The van der Waals surface area contributed by atoms with Gasteiger partial charge in [-0.25, -0.2) is 9.97 Å². The number of hydrogen-bond acceptors (Lipinski definition) is 5. The number of aromatic nitrogens is 2. The molecule has 1 aromatic carbocycles. The molecular formula is C13H16N4O. The van der Waals surface area contributed by atoms with Gasteiger partial charge in [0.05, 0.1) is 5.69 Å². The fourth-order valence-electron chi connectivity index (χ4n) is 1.66. The molecule has 0 aliphatic carbocycles. The molecule has 0 radical (unpaired) electrons. The van der Waals surface area contributed by atoms with Gasteiger partial charge in [-0.05, 0) is 37.3 Å². The standard InChI is InChI=1S/C13H16N4O/c1-9-7-10(8-14)16-13(15-9)17(2)11-3-5-12(18)6-4-11/h3-7,18H,8,14H2,1-2H3. The van der Waals surface area contributed by atoms with Crippen molar-refractivity contribution in [3.8, 4) is 5.75 Å². The van der Waals surface area contributed by atoms with E-state index in [4.69, 9.17) is 5.73 Å². The third-order valence-electron chi connectivity index (χ3n) is 2.64. The number of phenols is 1. The molecule has 94 valence electrons. The number of hydrogen-bond donors (Lipinski definition) is 2. The predicted molar refractivity (Wildman–Crippen MR) is 70.8 cm³/mol. The SMILES string of the molecule is Cc1cc(CN)nc(N(C)c2ccc(O)cc2)n1. The number of anilines is 2. The molecule has 0 spiro atoms. The first kappa shape index (κ1) is 12.3. The fourth-order valence-corrected chi connectivity index (χ4v) is 1.66. The van der Waals surface area contributed by atoms with E-state index in [0.29, 0.717) is 12.5 Å². The third kappa shape index (κ3) is 2.57. The van der Waals surface area contributed by atoms with E-state index in [1.165, 1.54) is 0 Å². The molecular weight excluding hydrogens is 228 g/mol. The smallest absolute Gasteiger partial charge is 0.230 e. The molecule has 0 saturated carbocycles. The Balaban J connectivity index is 2.35. The van der Waals surface area contributed by atoms with Gasteiger partial charge in [-0.15, -0.1) is 0 Å². The fraction of sp³-hybridized carbons (Fsp3) is 0.231. The summed E-state index contributed by atoms with van der Waals surface area (Å²) in [4.78, 5) is 10.6. The molecule has 18 heavy (non-hydrogen) atoms. The zero-order valence-corrected chi connectivity index (χ0v) is 10.5. The van der Waals surface area contributed by atoms with Crippen LogP contribution in [0.3, 0.4) is 0 Å². The Morgan fingerprint density at radius 3 is 2.50 bits per heavy atom. The van der Waals surface area contributed by atoms with E-state index in [1.54, 1.807) is 12.1 Å². The Morgan fingerprint density at radius 1 is 1.22 bits per heavy atom. The first-order chi connectivity index (χ1) is 8.60. The number of phenolic OH excluding ortho intramolecular Hbond substituents is 1. The van der Waals surface area contributed by atoms with Crippen molar-refractivity contribution in [3.05, 3.63) is 41.7 Å². The van der Waals surface area contributed by atoms with Crippen LogP contribution < -0.4 is 10.6 Å². The lowest BCUT2D eigenvalue weighted by atomic mass is 10.3. The second kappa shape index (κ2) is 5.01. The molecule has 1 aromatic heterocycles. The summed E-state index contributed by atoms with van der Waals surface area (Å²) in [7, 11) is 1.88. The normalized spacial score (nSPS) is 10.4. The molecule has 0 aliphatic heterocycles. The first-order valence-electron chi connectivity index (χ1n) is 5.67. The van der Waals surface area contributed by atoms with Crippen LogP contribution in [-0.4, -0.2) is 22.1 Å². The van der Waals surface area contributed by atoms with Gasteiger partial charge in [-0.3, -0.25) is 0 Å². The highest BCUT2D eigenvalue weighted by Crippen LogP contribution is 2.22. The molecule has 0 unspecified atom stereocenters. The van der Waals surface area contributed by atoms with Gasteiger partial charge in [0, 0.05) is 25.0 Å². The lowest BCUT2D eigenvalue weighted by molar-refractivity contribution is 0.475.